The van der Waals surface area contributed by atoms with Crippen LogP contribution in [0.4, 0.5) is 0 Å². The van der Waals surface area contributed by atoms with Crippen molar-refractivity contribution in [3.05, 3.63) is 35.9 Å². The molecule has 0 aliphatic heterocycles. The van der Waals surface area contributed by atoms with Gasteiger partial charge in [0.25, 0.3) is 0 Å². The van der Waals surface area contributed by atoms with Crippen molar-refractivity contribution < 1.29 is 9.90 Å². The zero-order chi connectivity index (χ0) is 10.4. The van der Waals surface area contributed by atoms with Crippen LogP contribution >= 0.6 is 11.8 Å². The molecule has 0 radical (unpaired) electrons. The van der Waals surface area contributed by atoms with Gasteiger partial charge in [-0.2, -0.15) is 5.26 Å². The molecule has 0 aromatic heterocycles. The number of thioether (sulfide) groups is 1. The normalized spacial score (nSPS) is 11.6. The molecule has 14 heavy (non-hydrogen) atoms. The molecule has 0 saturated carbocycles. The van der Waals surface area contributed by atoms with Crippen molar-refractivity contribution in [1.82, 2.24) is 0 Å². The first-order valence-electron chi connectivity index (χ1n) is 4.05. The molecular formula is C10H9NO2S. The molecule has 1 rings (SSSR count). The van der Waals surface area contributed by atoms with Crippen LogP contribution in [0.3, 0.4) is 0 Å². The largest absolute Gasteiger partial charge is 0.481 e. The third-order valence-electron chi connectivity index (χ3n) is 1.73. The summed E-state index contributed by atoms with van der Waals surface area (Å²) in [4.78, 5) is 10.5. The standard InChI is InChI=1S/C10H9NO2S/c11-7-14-9(6-10(12)13)8-4-2-1-3-5-8/h1-5,9H,6H2,(H,12,13). The minimum Gasteiger partial charge on any atom is -0.481 e. The summed E-state index contributed by atoms with van der Waals surface area (Å²) in [6.45, 7) is 0. The van der Waals surface area contributed by atoms with Crippen molar-refractivity contribution in [1.29, 1.82) is 5.26 Å². The average molecular weight is 207 g/mol. The fourth-order valence-corrected chi connectivity index (χ4v) is 1.76. The fraction of sp³-hybridized carbons (Fsp3) is 0.200. The summed E-state index contributed by atoms with van der Waals surface area (Å²) >= 11 is 0.983. The van der Waals surface area contributed by atoms with E-state index in [2.05, 4.69) is 0 Å². The van der Waals surface area contributed by atoms with Crippen molar-refractivity contribution >= 4 is 17.7 Å². The number of thiocyanates is 1. The van der Waals surface area contributed by atoms with Gasteiger partial charge in [-0.25, -0.2) is 0 Å². The van der Waals surface area contributed by atoms with E-state index in [0.29, 0.717) is 0 Å². The summed E-state index contributed by atoms with van der Waals surface area (Å²) < 4.78 is 0. The Labute approximate surface area is 86.4 Å². The first kappa shape index (κ1) is 10.6. The number of hydrogen-bond acceptors (Lipinski definition) is 3. The van der Waals surface area contributed by atoms with Gasteiger partial charge in [0.05, 0.1) is 11.7 Å². The van der Waals surface area contributed by atoms with Crippen LogP contribution in [-0.4, -0.2) is 11.1 Å². The van der Waals surface area contributed by atoms with Gasteiger partial charge >= 0.3 is 5.97 Å². The molecule has 0 spiro atoms. The van der Waals surface area contributed by atoms with Crippen LogP contribution in [0, 0.1) is 10.7 Å². The molecule has 1 aromatic rings. The van der Waals surface area contributed by atoms with E-state index in [1.54, 1.807) is 0 Å². The zero-order valence-corrected chi connectivity index (χ0v) is 8.20. The van der Waals surface area contributed by atoms with E-state index < -0.39 is 5.97 Å². The Morgan fingerprint density at radius 3 is 2.64 bits per heavy atom. The molecular weight excluding hydrogens is 198 g/mol. The van der Waals surface area contributed by atoms with Crippen molar-refractivity contribution in [3.63, 3.8) is 0 Å². The van der Waals surface area contributed by atoms with Crippen LogP contribution in [0.15, 0.2) is 30.3 Å². The lowest BCUT2D eigenvalue weighted by Crippen LogP contribution is -2.02. The molecule has 4 heteroatoms. The smallest absolute Gasteiger partial charge is 0.304 e. The number of aliphatic carboxylic acids is 1. The van der Waals surface area contributed by atoms with E-state index in [9.17, 15) is 4.79 Å². The second-order valence-electron chi connectivity index (χ2n) is 2.71. The second-order valence-corrected chi connectivity index (χ2v) is 3.69. The molecule has 1 N–H and O–H groups in total. The van der Waals surface area contributed by atoms with E-state index in [1.165, 1.54) is 0 Å². The van der Waals surface area contributed by atoms with Gasteiger partial charge in [-0.1, -0.05) is 30.3 Å². The lowest BCUT2D eigenvalue weighted by molar-refractivity contribution is -0.137. The summed E-state index contributed by atoms with van der Waals surface area (Å²) in [6, 6.07) is 9.19. The number of hydrogen-bond donors (Lipinski definition) is 1. The highest BCUT2D eigenvalue weighted by Crippen LogP contribution is 2.30. The topological polar surface area (TPSA) is 61.1 Å². The van der Waals surface area contributed by atoms with E-state index in [0.717, 1.165) is 17.3 Å². The van der Waals surface area contributed by atoms with E-state index in [1.807, 2.05) is 35.7 Å². The number of nitriles is 1. The van der Waals surface area contributed by atoms with Crippen LogP contribution in [-0.2, 0) is 4.79 Å². The summed E-state index contributed by atoms with van der Waals surface area (Å²) in [7, 11) is 0. The van der Waals surface area contributed by atoms with Gasteiger partial charge in [-0.15, -0.1) is 0 Å². The van der Waals surface area contributed by atoms with Crippen molar-refractivity contribution in [2.45, 2.75) is 11.7 Å². The monoisotopic (exact) mass is 207 g/mol. The molecule has 1 aromatic carbocycles. The molecule has 72 valence electrons. The molecule has 0 aliphatic carbocycles. The Hall–Kier alpha value is -1.47. The molecule has 1 unspecified atom stereocenters. The summed E-state index contributed by atoms with van der Waals surface area (Å²) in [6.07, 6.45) is -0.0256. The number of benzene rings is 1. The van der Waals surface area contributed by atoms with Crippen molar-refractivity contribution in [3.8, 4) is 5.40 Å². The summed E-state index contributed by atoms with van der Waals surface area (Å²) in [5.41, 5.74) is 0.876. The Bertz CT molecular complexity index is 345. The number of carboxylic acid groups (broad SMARTS) is 1. The maximum absolute atomic E-state index is 10.5. The minimum atomic E-state index is -0.887. The average Bonchev–Trinajstić information content (AvgIpc) is 2.18. The molecule has 0 amide bonds. The van der Waals surface area contributed by atoms with Gasteiger partial charge in [-0.3, -0.25) is 4.79 Å². The molecule has 0 heterocycles. The summed E-state index contributed by atoms with van der Waals surface area (Å²) in [5, 5.41) is 18.8. The highest BCUT2D eigenvalue weighted by Gasteiger charge is 2.15. The van der Waals surface area contributed by atoms with Gasteiger partial charge in [0.2, 0.25) is 0 Å². The van der Waals surface area contributed by atoms with Gasteiger partial charge in [-0.05, 0) is 17.3 Å². The summed E-state index contributed by atoms with van der Waals surface area (Å²) in [5.74, 6) is -0.887. The Kier molecular flexibility index (Phi) is 4.02. The molecule has 0 saturated heterocycles. The Balaban J connectivity index is 2.78. The van der Waals surface area contributed by atoms with Crippen molar-refractivity contribution in [2.24, 2.45) is 0 Å². The first-order valence-corrected chi connectivity index (χ1v) is 4.93. The lowest BCUT2D eigenvalue weighted by Gasteiger charge is -2.09. The minimum absolute atomic E-state index is 0.0256. The third kappa shape index (κ3) is 3.11. The van der Waals surface area contributed by atoms with Crippen molar-refractivity contribution in [2.75, 3.05) is 0 Å². The van der Waals surface area contributed by atoms with E-state index in [4.69, 9.17) is 10.4 Å². The Morgan fingerprint density at radius 2 is 2.14 bits per heavy atom. The molecule has 1 atom stereocenters. The van der Waals surface area contributed by atoms with E-state index >= 15 is 0 Å². The molecule has 0 aliphatic rings. The predicted octanol–water partition coefficient (Wildman–Crippen LogP) is 2.42. The zero-order valence-electron chi connectivity index (χ0n) is 7.38. The van der Waals surface area contributed by atoms with Crippen LogP contribution in [0.25, 0.3) is 0 Å². The highest BCUT2D eigenvalue weighted by molar-refractivity contribution is 8.03. The second kappa shape index (κ2) is 5.30. The maximum Gasteiger partial charge on any atom is 0.304 e. The van der Waals surface area contributed by atoms with Gasteiger partial charge in [0, 0.05) is 0 Å². The van der Waals surface area contributed by atoms with Crippen LogP contribution in [0.5, 0.6) is 0 Å². The molecule has 3 nitrogen and oxygen atoms in total. The maximum atomic E-state index is 10.5. The van der Waals surface area contributed by atoms with Gasteiger partial charge in [0.15, 0.2) is 0 Å². The molecule has 0 bridgehead atoms. The van der Waals surface area contributed by atoms with E-state index in [-0.39, 0.29) is 11.7 Å². The Morgan fingerprint density at radius 1 is 1.50 bits per heavy atom. The van der Waals surface area contributed by atoms with Gasteiger partial charge in [0.1, 0.15) is 5.40 Å². The molecule has 0 fully saturated rings. The number of carbonyl (C=O) groups is 1. The third-order valence-corrected chi connectivity index (χ3v) is 2.56. The number of nitrogens with zero attached hydrogens (tertiary/aromatic N) is 1. The fourth-order valence-electron chi connectivity index (χ4n) is 1.12. The van der Waals surface area contributed by atoms with Gasteiger partial charge < -0.3 is 5.11 Å². The lowest BCUT2D eigenvalue weighted by atomic mass is 10.1. The number of carboxylic acids is 1. The predicted molar refractivity (Wildman–Crippen MR) is 54.6 cm³/mol. The number of rotatable bonds is 4. The van der Waals surface area contributed by atoms with Crippen LogP contribution in [0.1, 0.15) is 17.2 Å². The quantitative estimate of drug-likeness (QED) is 0.770. The van der Waals surface area contributed by atoms with Crippen LogP contribution in [0.2, 0.25) is 0 Å². The van der Waals surface area contributed by atoms with Crippen LogP contribution < -0.4 is 0 Å². The SMILES string of the molecule is N#CSC(CC(=O)O)c1ccccc1. The highest BCUT2D eigenvalue weighted by atomic mass is 32.2. The first-order chi connectivity index (χ1) is 6.74.